The highest BCUT2D eigenvalue weighted by molar-refractivity contribution is 6.07. The van der Waals surface area contributed by atoms with Crippen LogP contribution in [-0.4, -0.2) is 83.4 Å². The molecule has 2 aromatic carbocycles. The van der Waals surface area contributed by atoms with Crippen LogP contribution in [0.15, 0.2) is 60.9 Å². The Balaban J connectivity index is 1.41. The van der Waals surface area contributed by atoms with Crippen LogP contribution in [0.2, 0.25) is 0 Å². The van der Waals surface area contributed by atoms with Crippen LogP contribution >= 0.6 is 0 Å². The van der Waals surface area contributed by atoms with E-state index in [0.717, 1.165) is 0 Å². The molecule has 1 aromatic heterocycles. The fourth-order valence-electron chi connectivity index (χ4n) is 4.80. The van der Waals surface area contributed by atoms with Gasteiger partial charge in [0.2, 0.25) is 6.79 Å². The number of fused-ring (bicyclic) bond motifs is 2. The van der Waals surface area contributed by atoms with Gasteiger partial charge in [-0.1, -0.05) is 13.0 Å². The number of hydrogen-bond acceptors (Lipinski definition) is 8. The van der Waals surface area contributed by atoms with Crippen molar-refractivity contribution in [3.63, 3.8) is 0 Å². The third-order valence-corrected chi connectivity index (χ3v) is 7.31. The number of aliphatic hydroxyl groups is 1. The summed E-state index contributed by atoms with van der Waals surface area (Å²) in [7, 11) is 1.65. The van der Waals surface area contributed by atoms with Gasteiger partial charge in [0.15, 0.2) is 17.2 Å². The van der Waals surface area contributed by atoms with Crippen molar-refractivity contribution in [1.82, 2.24) is 14.8 Å². The van der Waals surface area contributed by atoms with Gasteiger partial charge in [-0.05, 0) is 43.3 Å². The lowest BCUT2D eigenvalue weighted by Gasteiger charge is -2.38. The topological polar surface area (TPSA) is 143 Å². The molecule has 3 N–H and O–H groups in total. The number of pyridine rings is 1. The number of anilines is 2. The summed E-state index contributed by atoms with van der Waals surface area (Å²) < 4.78 is 17.2. The zero-order valence-corrected chi connectivity index (χ0v) is 23.6. The van der Waals surface area contributed by atoms with E-state index in [-0.39, 0.29) is 55.7 Å². The molecule has 0 saturated heterocycles. The van der Waals surface area contributed by atoms with Crippen LogP contribution in [0.4, 0.5) is 16.2 Å². The fraction of sp³-hybridized carbons (Fsp3) is 0.333. The number of nitrogens with one attached hydrogen (secondary N) is 2. The molecule has 3 heterocycles. The number of benzene rings is 2. The number of aliphatic hydroxyl groups excluding tert-OH is 1. The normalized spacial score (nSPS) is 18.2. The van der Waals surface area contributed by atoms with Gasteiger partial charge in [-0.15, -0.1) is 0 Å². The van der Waals surface area contributed by atoms with Crippen molar-refractivity contribution in [3.05, 3.63) is 72.1 Å². The van der Waals surface area contributed by atoms with Gasteiger partial charge in [-0.25, -0.2) is 4.79 Å². The van der Waals surface area contributed by atoms with Crippen LogP contribution in [0.3, 0.4) is 0 Å². The first-order chi connectivity index (χ1) is 20.2. The smallest absolute Gasteiger partial charge is 0.321 e. The van der Waals surface area contributed by atoms with Gasteiger partial charge >= 0.3 is 6.03 Å². The molecule has 0 spiro atoms. The average Bonchev–Trinajstić information content (AvgIpc) is 3.47. The summed E-state index contributed by atoms with van der Waals surface area (Å²) >= 11 is 0. The Hall–Kier alpha value is -4.84. The van der Waals surface area contributed by atoms with Crippen molar-refractivity contribution in [3.8, 4) is 17.2 Å². The van der Waals surface area contributed by atoms with Gasteiger partial charge in [0.25, 0.3) is 11.8 Å². The van der Waals surface area contributed by atoms with Crippen LogP contribution in [0.25, 0.3) is 0 Å². The first-order valence-corrected chi connectivity index (χ1v) is 13.6. The van der Waals surface area contributed by atoms with Crippen molar-refractivity contribution in [2.24, 2.45) is 5.92 Å². The molecular formula is C30H33N5O7. The maximum absolute atomic E-state index is 13.7. The number of carbonyl (C=O) groups excluding carboxylic acids is 3. The van der Waals surface area contributed by atoms with Gasteiger partial charge in [-0.2, -0.15) is 0 Å². The number of nitrogens with zero attached hydrogens (tertiary/aromatic N) is 3. The first-order valence-electron chi connectivity index (χ1n) is 13.6. The maximum atomic E-state index is 13.7. The van der Waals surface area contributed by atoms with Crippen molar-refractivity contribution >= 4 is 29.2 Å². The Labute approximate surface area is 243 Å². The second-order valence-electron chi connectivity index (χ2n) is 10.4. The average molecular weight is 576 g/mol. The number of ether oxygens (including phenoxy) is 3. The molecule has 3 aromatic rings. The molecule has 4 amide bonds. The number of carbonyl (C=O) groups is 3. The second kappa shape index (κ2) is 12.4. The Kier molecular flexibility index (Phi) is 8.43. The standard InChI is InChI=1S/C30H33N5O7/c1-18-14-35(19(2)16-36)29(38)22-5-4-6-23(33-28(37)20-9-11-31-12-10-20)27(22)42-26(18)15-34(3)30(39)32-21-7-8-24-25(13-21)41-17-40-24/h4-13,18-19,26,36H,14-17H2,1-3H3,(H,32,39)(H,33,37)/t18-,19+,26+/m0/s1. The zero-order chi connectivity index (χ0) is 29.8. The number of likely N-dealkylation sites (N-methyl/N-ethyl adjacent to an activating group) is 1. The third-order valence-electron chi connectivity index (χ3n) is 7.31. The zero-order valence-electron chi connectivity index (χ0n) is 23.6. The van der Waals surface area contributed by atoms with Gasteiger partial charge in [0, 0.05) is 49.2 Å². The number of urea groups is 1. The highest BCUT2D eigenvalue weighted by Crippen LogP contribution is 2.36. The molecule has 220 valence electrons. The summed E-state index contributed by atoms with van der Waals surface area (Å²) in [6.07, 6.45) is 2.46. The second-order valence-corrected chi connectivity index (χ2v) is 10.4. The molecular weight excluding hydrogens is 542 g/mol. The van der Waals surface area contributed by atoms with Crippen LogP contribution in [0.1, 0.15) is 34.6 Å². The summed E-state index contributed by atoms with van der Waals surface area (Å²) in [5.74, 6) is 0.384. The molecule has 0 aliphatic carbocycles. The minimum atomic E-state index is -0.572. The van der Waals surface area contributed by atoms with Gasteiger partial charge in [-0.3, -0.25) is 14.6 Å². The molecule has 5 rings (SSSR count). The molecule has 2 aliphatic rings. The van der Waals surface area contributed by atoms with E-state index in [4.69, 9.17) is 14.2 Å². The van der Waals surface area contributed by atoms with Crippen LogP contribution in [0.5, 0.6) is 17.2 Å². The Morgan fingerprint density at radius 1 is 1.12 bits per heavy atom. The third kappa shape index (κ3) is 6.08. The molecule has 12 heteroatoms. The molecule has 3 atom stereocenters. The van der Waals surface area contributed by atoms with E-state index in [1.54, 1.807) is 67.4 Å². The molecule has 0 radical (unpaired) electrons. The van der Waals surface area contributed by atoms with E-state index in [2.05, 4.69) is 15.6 Å². The van der Waals surface area contributed by atoms with Crippen molar-refractivity contribution in [1.29, 1.82) is 0 Å². The SMILES string of the molecule is C[C@H](CO)N1C[C@H](C)[C@@H](CN(C)C(=O)Nc2ccc3c(c2)OCO3)Oc2c(NC(=O)c3ccncc3)cccc2C1=O. The summed E-state index contributed by atoms with van der Waals surface area (Å²) in [5, 5.41) is 15.6. The molecule has 42 heavy (non-hydrogen) atoms. The largest absolute Gasteiger partial charge is 0.485 e. The minimum Gasteiger partial charge on any atom is -0.485 e. The van der Waals surface area contributed by atoms with Gasteiger partial charge < -0.3 is 39.8 Å². The number of rotatable bonds is 7. The lowest BCUT2D eigenvalue weighted by atomic mass is 9.99. The van der Waals surface area contributed by atoms with E-state index < -0.39 is 18.1 Å². The molecule has 0 fully saturated rings. The number of aromatic nitrogens is 1. The van der Waals surface area contributed by atoms with Crippen LogP contribution in [0, 0.1) is 5.92 Å². The number of para-hydroxylation sites is 1. The number of amides is 4. The predicted octanol–water partition coefficient (Wildman–Crippen LogP) is 3.45. The lowest BCUT2D eigenvalue weighted by molar-refractivity contribution is 0.0372. The van der Waals surface area contributed by atoms with E-state index in [1.165, 1.54) is 17.3 Å². The summed E-state index contributed by atoms with van der Waals surface area (Å²) in [6.45, 7) is 4.04. The van der Waals surface area contributed by atoms with E-state index in [0.29, 0.717) is 28.4 Å². The van der Waals surface area contributed by atoms with Gasteiger partial charge in [0.1, 0.15) is 6.10 Å². The maximum Gasteiger partial charge on any atom is 0.321 e. The van der Waals surface area contributed by atoms with E-state index in [9.17, 15) is 19.5 Å². The van der Waals surface area contributed by atoms with E-state index >= 15 is 0 Å². The lowest BCUT2D eigenvalue weighted by Crippen LogP contribution is -2.50. The van der Waals surface area contributed by atoms with Crippen molar-refractivity contribution in [2.75, 3.05) is 44.2 Å². The minimum absolute atomic E-state index is 0.129. The molecule has 0 saturated carbocycles. The Morgan fingerprint density at radius 3 is 2.64 bits per heavy atom. The highest BCUT2D eigenvalue weighted by Gasteiger charge is 2.35. The summed E-state index contributed by atoms with van der Waals surface area (Å²) in [4.78, 5) is 46.9. The number of hydrogen-bond donors (Lipinski definition) is 3. The first kappa shape index (κ1) is 28.7. The summed E-state index contributed by atoms with van der Waals surface area (Å²) in [6, 6.07) is 12.4. The predicted molar refractivity (Wildman–Crippen MR) is 154 cm³/mol. The molecule has 0 bridgehead atoms. The monoisotopic (exact) mass is 575 g/mol. The fourth-order valence-corrected chi connectivity index (χ4v) is 4.80. The Morgan fingerprint density at radius 2 is 1.88 bits per heavy atom. The van der Waals surface area contributed by atoms with E-state index in [1.807, 2.05) is 6.92 Å². The molecule has 2 aliphatic heterocycles. The Bertz CT molecular complexity index is 1470. The molecule has 0 unspecified atom stereocenters. The van der Waals surface area contributed by atoms with Crippen molar-refractivity contribution in [2.45, 2.75) is 26.0 Å². The molecule has 12 nitrogen and oxygen atoms in total. The summed E-state index contributed by atoms with van der Waals surface area (Å²) in [5.41, 5.74) is 1.49. The highest BCUT2D eigenvalue weighted by atomic mass is 16.7. The van der Waals surface area contributed by atoms with Gasteiger partial charge in [0.05, 0.1) is 30.4 Å². The van der Waals surface area contributed by atoms with Crippen LogP contribution in [-0.2, 0) is 0 Å². The quantitative estimate of drug-likeness (QED) is 0.389. The van der Waals surface area contributed by atoms with Crippen LogP contribution < -0.4 is 24.8 Å². The van der Waals surface area contributed by atoms with Crippen molar-refractivity contribution < 1.29 is 33.7 Å².